The number of rotatable bonds is 5. The van der Waals surface area contributed by atoms with Gasteiger partial charge in [-0.1, -0.05) is 58.8 Å². The average Bonchev–Trinajstić information content (AvgIpc) is 3.23. The minimum absolute atomic E-state index is 0.00921. The van der Waals surface area contributed by atoms with Crippen LogP contribution >= 0.6 is 0 Å². The third kappa shape index (κ3) is 4.29. The lowest BCUT2D eigenvalue weighted by molar-refractivity contribution is -0.177. The van der Waals surface area contributed by atoms with Gasteiger partial charge in [-0.25, -0.2) is 0 Å². The second-order valence-corrected chi connectivity index (χ2v) is 14.2. The predicted octanol–water partition coefficient (Wildman–Crippen LogP) is 7.28. The number of ether oxygens (including phenoxy) is 2. The first kappa shape index (κ1) is 26.0. The van der Waals surface area contributed by atoms with E-state index in [0.717, 1.165) is 32.1 Å². The van der Waals surface area contributed by atoms with Gasteiger partial charge in [0, 0.05) is 5.41 Å². The highest BCUT2D eigenvalue weighted by Crippen LogP contribution is 2.63. The Hall–Kier alpha value is -1.58. The lowest BCUT2D eigenvalue weighted by Crippen LogP contribution is -2.52. The van der Waals surface area contributed by atoms with Crippen LogP contribution in [-0.4, -0.2) is 24.6 Å². The number of fused-ring (bicyclic) bond motifs is 4. The molecule has 4 nitrogen and oxygen atoms in total. The first-order valence-corrected chi connectivity index (χ1v) is 14.7. The van der Waals surface area contributed by atoms with E-state index >= 15 is 0 Å². The zero-order valence-electron chi connectivity index (χ0n) is 23.3. The molecule has 1 heterocycles. The lowest BCUT2D eigenvalue weighted by Gasteiger charge is -2.59. The molecule has 10 unspecified atom stereocenters. The Morgan fingerprint density at radius 1 is 1.17 bits per heavy atom. The molecule has 0 aromatic rings. The number of hydrogen-bond donors (Lipinski definition) is 0. The maximum Gasteiger partial charge on any atom is 0.309 e. The van der Waals surface area contributed by atoms with Crippen LogP contribution in [0.15, 0.2) is 24.3 Å². The molecule has 1 aliphatic heterocycles. The number of hydrogen-bond acceptors (Lipinski definition) is 4. The molecule has 5 aliphatic rings. The Balaban J connectivity index is 1.23. The van der Waals surface area contributed by atoms with Gasteiger partial charge in [0.2, 0.25) is 0 Å². The zero-order chi connectivity index (χ0) is 25.9. The summed E-state index contributed by atoms with van der Waals surface area (Å²) in [5.41, 5.74) is 2.14. The first-order valence-electron chi connectivity index (χ1n) is 14.7. The van der Waals surface area contributed by atoms with E-state index in [4.69, 9.17) is 9.47 Å². The van der Waals surface area contributed by atoms with Gasteiger partial charge in [0.1, 0.15) is 6.10 Å². The summed E-state index contributed by atoms with van der Waals surface area (Å²) in [6.07, 6.45) is 14.9. The zero-order valence-corrected chi connectivity index (χ0v) is 23.3. The minimum Gasteiger partial charge on any atom is -0.465 e. The summed E-state index contributed by atoms with van der Waals surface area (Å²) in [6, 6.07) is 0. The first-order chi connectivity index (χ1) is 17.0. The molecular formula is C32H48O4. The van der Waals surface area contributed by atoms with Crippen molar-refractivity contribution in [2.45, 2.75) is 105 Å². The molecule has 1 saturated heterocycles. The Morgan fingerprint density at radius 2 is 1.94 bits per heavy atom. The average molecular weight is 497 g/mol. The fourth-order valence-electron chi connectivity index (χ4n) is 9.45. The Labute approximate surface area is 218 Å². The highest BCUT2D eigenvalue weighted by Gasteiger charge is 2.56. The van der Waals surface area contributed by atoms with Crippen LogP contribution in [0.4, 0.5) is 0 Å². The molecule has 10 atom stereocenters. The maximum atomic E-state index is 13.0. The van der Waals surface area contributed by atoms with Gasteiger partial charge >= 0.3 is 11.9 Å². The van der Waals surface area contributed by atoms with Crippen LogP contribution in [0.25, 0.3) is 0 Å². The minimum atomic E-state index is -0.345. The molecule has 4 aliphatic carbocycles. The van der Waals surface area contributed by atoms with Gasteiger partial charge in [-0.05, 0) is 91.8 Å². The smallest absolute Gasteiger partial charge is 0.309 e. The standard InChI is InChI=1S/C32H48O4/c1-7-30(4)16-13-24-22(18-30)10-12-26-31(5,14-8-15-32(24,26)6)19-35-27(33)17-25-21(3)23-11-9-20(2)28(23)29(34)36-25/h7,10,20-21,23-26,28H,1,8-9,11-19H2,2-6H3. The molecule has 5 rings (SSSR count). The van der Waals surface area contributed by atoms with Crippen molar-refractivity contribution < 1.29 is 19.1 Å². The molecule has 0 amide bonds. The van der Waals surface area contributed by atoms with Crippen LogP contribution in [0.3, 0.4) is 0 Å². The van der Waals surface area contributed by atoms with Gasteiger partial charge in [0.25, 0.3) is 0 Å². The largest absolute Gasteiger partial charge is 0.465 e. The second kappa shape index (κ2) is 9.31. The predicted molar refractivity (Wildman–Crippen MR) is 142 cm³/mol. The number of cyclic esters (lactones) is 1. The number of carbonyl (C=O) groups excluding carboxylic acids is 2. The highest BCUT2D eigenvalue weighted by molar-refractivity contribution is 5.76. The van der Waals surface area contributed by atoms with Crippen molar-refractivity contribution in [2.24, 2.45) is 51.8 Å². The van der Waals surface area contributed by atoms with Crippen molar-refractivity contribution in [1.82, 2.24) is 0 Å². The van der Waals surface area contributed by atoms with Crippen LogP contribution in [-0.2, 0) is 19.1 Å². The van der Waals surface area contributed by atoms with Crippen LogP contribution in [0, 0.1) is 51.8 Å². The third-order valence-corrected chi connectivity index (χ3v) is 11.8. The molecule has 0 radical (unpaired) electrons. The topological polar surface area (TPSA) is 52.6 Å². The van der Waals surface area contributed by atoms with E-state index < -0.39 is 0 Å². The van der Waals surface area contributed by atoms with Crippen LogP contribution in [0.1, 0.15) is 98.8 Å². The molecule has 4 fully saturated rings. The van der Waals surface area contributed by atoms with E-state index in [1.54, 1.807) is 5.57 Å². The summed E-state index contributed by atoms with van der Waals surface area (Å²) >= 11 is 0. The van der Waals surface area contributed by atoms with E-state index in [1.807, 2.05) is 0 Å². The third-order valence-electron chi connectivity index (χ3n) is 11.8. The highest BCUT2D eigenvalue weighted by atomic mass is 16.6. The number of carbonyl (C=O) groups is 2. The normalized spacial score (nSPS) is 48.1. The monoisotopic (exact) mass is 496 g/mol. The second-order valence-electron chi connectivity index (χ2n) is 14.2. The van der Waals surface area contributed by atoms with Gasteiger partial charge in [-0.3, -0.25) is 9.59 Å². The van der Waals surface area contributed by atoms with Gasteiger partial charge in [0.15, 0.2) is 0 Å². The molecule has 0 aromatic carbocycles. The van der Waals surface area contributed by atoms with E-state index in [2.05, 4.69) is 53.3 Å². The lowest BCUT2D eigenvalue weighted by atomic mass is 9.45. The fourth-order valence-corrected chi connectivity index (χ4v) is 9.45. The molecular weight excluding hydrogens is 448 g/mol. The summed E-state index contributed by atoms with van der Waals surface area (Å²) in [7, 11) is 0. The van der Waals surface area contributed by atoms with Gasteiger partial charge in [0.05, 0.1) is 18.9 Å². The van der Waals surface area contributed by atoms with Crippen LogP contribution < -0.4 is 0 Å². The molecule has 4 heteroatoms. The van der Waals surface area contributed by atoms with Crippen molar-refractivity contribution in [1.29, 1.82) is 0 Å². The van der Waals surface area contributed by atoms with Crippen LogP contribution in [0.2, 0.25) is 0 Å². The molecule has 200 valence electrons. The van der Waals surface area contributed by atoms with E-state index in [1.165, 1.54) is 25.7 Å². The van der Waals surface area contributed by atoms with Crippen molar-refractivity contribution in [3.63, 3.8) is 0 Å². The Bertz CT molecular complexity index is 936. The van der Waals surface area contributed by atoms with Crippen LogP contribution in [0.5, 0.6) is 0 Å². The van der Waals surface area contributed by atoms with E-state index in [9.17, 15) is 9.59 Å². The van der Waals surface area contributed by atoms with Crippen molar-refractivity contribution in [3.8, 4) is 0 Å². The molecule has 0 aromatic heterocycles. The van der Waals surface area contributed by atoms with Crippen molar-refractivity contribution in [2.75, 3.05) is 6.61 Å². The molecule has 0 bridgehead atoms. The van der Waals surface area contributed by atoms with E-state index in [0.29, 0.717) is 30.3 Å². The quantitative estimate of drug-likeness (QED) is 0.296. The summed E-state index contributed by atoms with van der Waals surface area (Å²) in [4.78, 5) is 25.7. The fraction of sp³-hybridized carbons (Fsp3) is 0.812. The van der Waals surface area contributed by atoms with Gasteiger partial charge in [-0.15, -0.1) is 6.58 Å². The molecule has 0 spiro atoms. The Kier molecular flexibility index (Phi) is 6.74. The SMILES string of the molecule is C=CC1(C)CCC2C(=CCC3C(C)(COC(=O)CC4OC(=O)C5C(C)CCC5C4C)CCCC23C)C1. The molecule has 0 N–H and O–H groups in total. The Morgan fingerprint density at radius 3 is 2.69 bits per heavy atom. The molecule has 36 heavy (non-hydrogen) atoms. The summed E-state index contributed by atoms with van der Waals surface area (Å²) in [5, 5.41) is 0. The molecule has 3 saturated carbocycles. The van der Waals surface area contributed by atoms with Gasteiger partial charge in [-0.2, -0.15) is 0 Å². The number of esters is 2. The van der Waals surface area contributed by atoms with Crippen molar-refractivity contribution in [3.05, 3.63) is 24.3 Å². The van der Waals surface area contributed by atoms with Gasteiger partial charge < -0.3 is 9.47 Å². The summed E-state index contributed by atoms with van der Waals surface area (Å²) in [6.45, 7) is 16.1. The maximum absolute atomic E-state index is 13.0. The number of allylic oxidation sites excluding steroid dienone is 3. The van der Waals surface area contributed by atoms with Crippen molar-refractivity contribution >= 4 is 11.9 Å². The van der Waals surface area contributed by atoms with E-state index in [-0.39, 0.29) is 52.5 Å². The summed E-state index contributed by atoms with van der Waals surface area (Å²) in [5.74, 6) is 1.83. The summed E-state index contributed by atoms with van der Waals surface area (Å²) < 4.78 is 11.8.